The molecule has 0 amide bonds. The number of carbonyl (C=O) groups is 1. The van der Waals surface area contributed by atoms with Gasteiger partial charge in [-0.15, -0.1) is 0 Å². The predicted molar refractivity (Wildman–Crippen MR) is 74.0 cm³/mol. The molecule has 0 aromatic heterocycles. The molecule has 1 aliphatic heterocycles. The first-order chi connectivity index (χ1) is 9.08. The summed E-state index contributed by atoms with van der Waals surface area (Å²) >= 11 is 0. The molecule has 0 radical (unpaired) electrons. The lowest BCUT2D eigenvalue weighted by molar-refractivity contribution is -0.168. The van der Waals surface area contributed by atoms with Crippen molar-refractivity contribution in [1.29, 1.82) is 0 Å². The Hall–Kier alpha value is -0.610. The van der Waals surface area contributed by atoms with E-state index in [4.69, 9.17) is 14.6 Å². The van der Waals surface area contributed by atoms with E-state index in [0.717, 1.165) is 44.9 Å². The molecule has 112 valence electrons. The van der Waals surface area contributed by atoms with Crippen molar-refractivity contribution >= 4 is 5.97 Å². The molecule has 0 bridgehead atoms. The van der Waals surface area contributed by atoms with Crippen LogP contribution in [0.1, 0.15) is 65.2 Å². The van der Waals surface area contributed by atoms with Crippen LogP contribution < -0.4 is 0 Å². The summed E-state index contributed by atoms with van der Waals surface area (Å²) < 4.78 is 11.6. The van der Waals surface area contributed by atoms with Crippen LogP contribution in [-0.2, 0) is 14.3 Å². The minimum Gasteiger partial charge on any atom is -0.481 e. The Morgan fingerprint density at radius 3 is 2.42 bits per heavy atom. The monoisotopic (exact) mass is 272 g/mol. The second-order valence-corrected chi connectivity index (χ2v) is 5.66. The Morgan fingerprint density at radius 1 is 1.21 bits per heavy atom. The predicted octanol–water partition coefficient (Wildman–Crippen LogP) is 3.59. The van der Waals surface area contributed by atoms with Gasteiger partial charge in [0.05, 0.1) is 13.2 Å². The molecule has 1 unspecified atom stereocenters. The molecule has 0 aromatic carbocycles. The highest BCUT2D eigenvalue weighted by atomic mass is 16.7. The summed E-state index contributed by atoms with van der Waals surface area (Å²) in [5, 5.41) is 8.71. The molecule has 1 N–H and O–H groups in total. The minimum absolute atomic E-state index is 0.259. The van der Waals surface area contributed by atoms with Gasteiger partial charge in [0, 0.05) is 19.3 Å². The lowest BCUT2D eigenvalue weighted by atomic mass is 9.96. The Balaban J connectivity index is 2.20. The second-order valence-electron chi connectivity index (χ2n) is 5.66. The van der Waals surface area contributed by atoms with E-state index in [-0.39, 0.29) is 18.1 Å². The van der Waals surface area contributed by atoms with Gasteiger partial charge in [-0.3, -0.25) is 4.79 Å². The topological polar surface area (TPSA) is 55.8 Å². The summed E-state index contributed by atoms with van der Waals surface area (Å²) in [5.41, 5.74) is 0. The highest BCUT2D eigenvalue weighted by Gasteiger charge is 2.34. The number of ether oxygens (including phenoxy) is 2. The molecular formula is C15H28O4. The number of rotatable bonds is 10. The van der Waals surface area contributed by atoms with Crippen molar-refractivity contribution in [2.45, 2.75) is 71.0 Å². The fourth-order valence-corrected chi connectivity index (χ4v) is 2.64. The van der Waals surface area contributed by atoms with Crippen LogP contribution in [0.4, 0.5) is 0 Å². The zero-order chi connectivity index (χ0) is 14.1. The lowest BCUT2D eigenvalue weighted by Gasteiger charge is -2.27. The first-order valence-electron chi connectivity index (χ1n) is 7.57. The van der Waals surface area contributed by atoms with Gasteiger partial charge in [0.25, 0.3) is 0 Å². The van der Waals surface area contributed by atoms with Crippen molar-refractivity contribution in [3.8, 4) is 0 Å². The third kappa shape index (κ3) is 6.39. The van der Waals surface area contributed by atoms with Crippen molar-refractivity contribution in [1.82, 2.24) is 0 Å². The van der Waals surface area contributed by atoms with E-state index in [0.29, 0.717) is 13.2 Å². The van der Waals surface area contributed by atoms with Gasteiger partial charge in [0.15, 0.2) is 5.79 Å². The van der Waals surface area contributed by atoms with Crippen LogP contribution >= 0.6 is 0 Å². The quantitative estimate of drug-likeness (QED) is 0.617. The molecular weight excluding hydrogens is 244 g/mol. The van der Waals surface area contributed by atoms with Crippen LogP contribution in [0.3, 0.4) is 0 Å². The number of hydrogen-bond acceptors (Lipinski definition) is 3. The summed E-state index contributed by atoms with van der Waals surface area (Å²) in [5.74, 6) is -0.782. The van der Waals surface area contributed by atoms with E-state index in [9.17, 15) is 4.79 Å². The van der Waals surface area contributed by atoms with Gasteiger partial charge in [-0.1, -0.05) is 33.1 Å². The first-order valence-corrected chi connectivity index (χ1v) is 7.57. The third-order valence-electron chi connectivity index (χ3n) is 3.75. The SMILES string of the molecule is CCCCC1(CCCCC(C)CC(=O)O)OCCO1. The van der Waals surface area contributed by atoms with Crippen molar-refractivity contribution in [3.63, 3.8) is 0 Å². The number of carboxylic acids is 1. The van der Waals surface area contributed by atoms with Crippen molar-refractivity contribution in [2.75, 3.05) is 13.2 Å². The van der Waals surface area contributed by atoms with Crippen LogP contribution in [0.5, 0.6) is 0 Å². The molecule has 1 rings (SSSR count). The maximum atomic E-state index is 10.6. The first kappa shape index (κ1) is 16.4. The van der Waals surface area contributed by atoms with Gasteiger partial charge in [-0.25, -0.2) is 0 Å². The molecule has 4 heteroatoms. The number of unbranched alkanes of at least 4 members (excludes halogenated alkanes) is 2. The van der Waals surface area contributed by atoms with Crippen molar-refractivity contribution in [3.05, 3.63) is 0 Å². The highest BCUT2D eigenvalue weighted by molar-refractivity contribution is 5.66. The number of aliphatic carboxylic acids is 1. The smallest absolute Gasteiger partial charge is 0.303 e. The molecule has 1 heterocycles. The average molecular weight is 272 g/mol. The number of hydrogen-bond donors (Lipinski definition) is 1. The van der Waals surface area contributed by atoms with Gasteiger partial charge in [0.2, 0.25) is 0 Å². The molecule has 0 aliphatic carbocycles. The van der Waals surface area contributed by atoms with Gasteiger partial charge in [-0.2, -0.15) is 0 Å². The molecule has 0 spiro atoms. The van der Waals surface area contributed by atoms with E-state index in [1.54, 1.807) is 0 Å². The Bertz CT molecular complexity index is 259. The van der Waals surface area contributed by atoms with Crippen molar-refractivity contribution in [2.24, 2.45) is 5.92 Å². The normalized spacial score (nSPS) is 19.5. The van der Waals surface area contributed by atoms with E-state index >= 15 is 0 Å². The molecule has 0 saturated carbocycles. The van der Waals surface area contributed by atoms with Crippen LogP contribution in [0.2, 0.25) is 0 Å². The fraction of sp³-hybridized carbons (Fsp3) is 0.933. The number of carboxylic acid groups (broad SMARTS) is 1. The van der Waals surface area contributed by atoms with Crippen LogP contribution in [0.25, 0.3) is 0 Å². The van der Waals surface area contributed by atoms with Crippen LogP contribution in [0, 0.1) is 5.92 Å². The van der Waals surface area contributed by atoms with Gasteiger partial charge in [0.1, 0.15) is 0 Å². The molecule has 1 aliphatic rings. The summed E-state index contributed by atoms with van der Waals surface area (Å²) in [6.07, 6.45) is 7.55. The zero-order valence-electron chi connectivity index (χ0n) is 12.3. The summed E-state index contributed by atoms with van der Waals surface area (Å²) in [4.78, 5) is 10.6. The minimum atomic E-state index is -0.700. The average Bonchev–Trinajstić information content (AvgIpc) is 2.81. The van der Waals surface area contributed by atoms with Crippen LogP contribution in [0.15, 0.2) is 0 Å². The summed E-state index contributed by atoms with van der Waals surface area (Å²) in [6, 6.07) is 0. The van der Waals surface area contributed by atoms with Gasteiger partial charge in [-0.05, 0) is 18.8 Å². The molecule has 1 atom stereocenters. The maximum absolute atomic E-state index is 10.6. The molecule has 4 nitrogen and oxygen atoms in total. The van der Waals surface area contributed by atoms with Crippen molar-refractivity contribution < 1.29 is 19.4 Å². The molecule has 19 heavy (non-hydrogen) atoms. The lowest BCUT2D eigenvalue weighted by Crippen LogP contribution is -2.30. The maximum Gasteiger partial charge on any atom is 0.303 e. The zero-order valence-corrected chi connectivity index (χ0v) is 12.3. The van der Waals surface area contributed by atoms with E-state index < -0.39 is 5.97 Å². The van der Waals surface area contributed by atoms with E-state index in [1.165, 1.54) is 0 Å². The molecule has 1 fully saturated rings. The van der Waals surface area contributed by atoms with E-state index in [1.807, 2.05) is 6.92 Å². The summed E-state index contributed by atoms with van der Waals surface area (Å²) in [6.45, 7) is 5.60. The highest BCUT2D eigenvalue weighted by Crippen LogP contribution is 2.31. The Labute approximate surface area is 116 Å². The fourth-order valence-electron chi connectivity index (χ4n) is 2.64. The second kappa shape index (κ2) is 8.54. The standard InChI is InChI=1S/C15H28O4/c1-3-4-8-15(18-10-11-19-15)9-6-5-7-13(2)12-14(16)17/h13H,3-12H2,1-2H3,(H,16,17). The Kier molecular flexibility index (Phi) is 7.39. The molecule has 0 aromatic rings. The third-order valence-corrected chi connectivity index (χ3v) is 3.75. The van der Waals surface area contributed by atoms with Gasteiger partial charge < -0.3 is 14.6 Å². The Morgan fingerprint density at radius 2 is 1.84 bits per heavy atom. The van der Waals surface area contributed by atoms with E-state index in [2.05, 4.69) is 6.92 Å². The van der Waals surface area contributed by atoms with Gasteiger partial charge >= 0.3 is 5.97 Å². The molecule has 1 saturated heterocycles. The summed E-state index contributed by atoms with van der Waals surface area (Å²) in [7, 11) is 0. The largest absolute Gasteiger partial charge is 0.481 e. The van der Waals surface area contributed by atoms with Crippen LogP contribution in [-0.4, -0.2) is 30.1 Å².